The molecule has 1 heterocycles. The predicted molar refractivity (Wildman–Crippen MR) is 70.7 cm³/mol. The Morgan fingerprint density at radius 1 is 1.42 bits per heavy atom. The number of hydrogen-bond acceptors (Lipinski definition) is 3. The number of nitrogens with one attached hydrogen (secondary N) is 1. The van der Waals surface area contributed by atoms with E-state index in [0.29, 0.717) is 24.3 Å². The Hall–Kier alpha value is -1.62. The average molecular weight is 266 g/mol. The molecule has 5 heteroatoms. The molecule has 1 amide bonds. The number of piperazine rings is 1. The molecule has 0 radical (unpaired) electrons. The van der Waals surface area contributed by atoms with Crippen LogP contribution in [0.3, 0.4) is 0 Å². The molecule has 1 aliphatic heterocycles. The van der Waals surface area contributed by atoms with Gasteiger partial charge in [-0.25, -0.2) is 4.39 Å². The van der Waals surface area contributed by atoms with Crippen LogP contribution in [0.4, 0.5) is 4.39 Å². The molecular formula is C14H19FN2O2. The number of ether oxygens (including phenoxy) is 1. The SMILES string of the molecule is Cc1cc(OCCC(=O)N2CCNCC2)ccc1F. The summed E-state index contributed by atoms with van der Waals surface area (Å²) >= 11 is 0. The van der Waals surface area contributed by atoms with E-state index >= 15 is 0 Å². The summed E-state index contributed by atoms with van der Waals surface area (Å²) in [5.41, 5.74) is 0.547. The minimum atomic E-state index is -0.246. The molecule has 1 saturated heterocycles. The maximum Gasteiger partial charge on any atom is 0.226 e. The van der Waals surface area contributed by atoms with Gasteiger partial charge in [0.05, 0.1) is 13.0 Å². The summed E-state index contributed by atoms with van der Waals surface area (Å²) in [7, 11) is 0. The second-order valence-electron chi connectivity index (χ2n) is 4.64. The number of hydrogen-bond donors (Lipinski definition) is 1. The van der Waals surface area contributed by atoms with E-state index in [2.05, 4.69) is 5.32 Å². The Labute approximate surface area is 112 Å². The maximum atomic E-state index is 13.1. The van der Waals surface area contributed by atoms with Crippen molar-refractivity contribution in [2.24, 2.45) is 0 Å². The van der Waals surface area contributed by atoms with Crippen LogP contribution in [0.15, 0.2) is 18.2 Å². The molecule has 0 aliphatic carbocycles. The zero-order valence-corrected chi connectivity index (χ0v) is 11.1. The standard InChI is InChI=1S/C14H19FN2O2/c1-11-10-12(2-3-13(11)15)19-9-4-14(18)17-7-5-16-6-8-17/h2-3,10,16H,4-9H2,1H3. The van der Waals surface area contributed by atoms with Crippen LogP contribution in [0.1, 0.15) is 12.0 Å². The number of benzene rings is 1. The third-order valence-electron chi connectivity index (χ3n) is 3.18. The van der Waals surface area contributed by atoms with Crippen LogP contribution in [0.5, 0.6) is 5.75 Å². The van der Waals surface area contributed by atoms with Crippen molar-refractivity contribution in [3.8, 4) is 5.75 Å². The van der Waals surface area contributed by atoms with Crippen molar-refractivity contribution in [2.45, 2.75) is 13.3 Å². The number of rotatable bonds is 4. The van der Waals surface area contributed by atoms with Gasteiger partial charge in [-0.3, -0.25) is 4.79 Å². The summed E-state index contributed by atoms with van der Waals surface area (Å²) in [4.78, 5) is 13.7. The van der Waals surface area contributed by atoms with Crippen LogP contribution in [0.2, 0.25) is 0 Å². The number of amides is 1. The van der Waals surface area contributed by atoms with Gasteiger partial charge in [0.2, 0.25) is 5.91 Å². The summed E-state index contributed by atoms with van der Waals surface area (Å²) in [6.07, 6.45) is 0.358. The first kappa shape index (κ1) is 13.8. The molecule has 104 valence electrons. The van der Waals surface area contributed by atoms with E-state index in [4.69, 9.17) is 4.74 Å². The Morgan fingerprint density at radius 2 is 2.16 bits per heavy atom. The lowest BCUT2D eigenvalue weighted by atomic mass is 10.2. The molecule has 0 saturated carbocycles. The van der Waals surface area contributed by atoms with E-state index in [-0.39, 0.29) is 11.7 Å². The number of nitrogens with zero attached hydrogens (tertiary/aromatic N) is 1. The molecule has 1 aromatic rings. The average Bonchev–Trinajstić information content (AvgIpc) is 2.43. The van der Waals surface area contributed by atoms with E-state index < -0.39 is 0 Å². The Bertz CT molecular complexity index is 445. The van der Waals surface area contributed by atoms with Gasteiger partial charge >= 0.3 is 0 Å². The third-order valence-corrected chi connectivity index (χ3v) is 3.18. The summed E-state index contributed by atoms with van der Waals surface area (Å²) in [6.45, 7) is 5.23. The normalized spacial score (nSPS) is 15.4. The summed E-state index contributed by atoms with van der Waals surface area (Å²) < 4.78 is 18.5. The van der Waals surface area contributed by atoms with Crippen LogP contribution >= 0.6 is 0 Å². The fourth-order valence-electron chi connectivity index (χ4n) is 2.04. The van der Waals surface area contributed by atoms with E-state index in [0.717, 1.165) is 26.2 Å². The van der Waals surface area contributed by atoms with Crippen molar-refractivity contribution in [3.05, 3.63) is 29.6 Å². The van der Waals surface area contributed by atoms with Crippen LogP contribution in [-0.4, -0.2) is 43.6 Å². The van der Waals surface area contributed by atoms with E-state index in [1.807, 2.05) is 4.90 Å². The molecule has 2 rings (SSSR count). The molecule has 0 spiro atoms. The van der Waals surface area contributed by atoms with Gasteiger partial charge in [-0.2, -0.15) is 0 Å². The highest BCUT2D eigenvalue weighted by Gasteiger charge is 2.15. The minimum absolute atomic E-state index is 0.111. The second kappa shape index (κ2) is 6.52. The van der Waals surface area contributed by atoms with Gasteiger partial charge in [-0.15, -0.1) is 0 Å². The summed E-state index contributed by atoms with van der Waals surface area (Å²) in [5, 5.41) is 3.20. The van der Waals surface area contributed by atoms with Gasteiger partial charge < -0.3 is 15.0 Å². The predicted octanol–water partition coefficient (Wildman–Crippen LogP) is 1.33. The topological polar surface area (TPSA) is 41.6 Å². The highest BCUT2D eigenvalue weighted by atomic mass is 19.1. The minimum Gasteiger partial charge on any atom is -0.493 e. The molecule has 0 unspecified atom stereocenters. The van der Waals surface area contributed by atoms with Crippen molar-refractivity contribution in [3.63, 3.8) is 0 Å². The van der Waals surface area contributed by atoms with Crippen LogP contribution in [0.25, 0.3) is 0 Å². The lowest BCUT2D eigenvalue weighted by molar-refractivity contribution is -0.132. The van der Waals surface area contributed by atoms with Crippen molar-refractivity contribution in [1.82, 2.24) is 10.2 Å². The highest BCUT2D eigenvalue weighted by molar-refractivity contribution is 5.76. The van der Waals surface area contributed by atoms with Gasteiger partial charge in [-0.1, -0.05) is 0 Å². The molecular weight excluding hydrogens is 247 g/mol. The van der Waals surface area contributed by atoms with Crippen molar-refractivity contribution >= 4 is 5.91 Å². The fraction of sp³-hybridized carbons (Fsp3) is 0.500. The van der Waals surface area contributed by atoms with Crippen LogP contribution < -0.4 is 10.1 Å². The van der Waals surface area contributed by atoms with E-state index in [9.17, 15) is 9.18 Å². The van der Waals surface area contributed by atoms with E-state index in [1.165, 1.54) is 6.07 Å². The number of carbonyl (C=O) groups is 1. The Kier molecular flexibility index (Phi) is 4.74. The molecule has 1 aliphatic rings. The molecule has 19 heavy (non-hydrogen) atoms. The molecule has 1 N–H and O–H groups in total. The molecule has 4 nitrogen and oxygen atoms in total. The molecule has 1 aromatic carbocycles. The Morgan fingerprint density at radius 3 is 2.84 bits per heavy atom. The third kappa shape index (κ3) is 3.92. The van der Waals surface area contributed by atoms with Crippen molar-refractivity contribution in [2.75, 3.05) is 32.8 Å². The maximum absolute atomic E-state index is 13.1. The number of carbonyl (C=O) groups excluding carboxylic acids is 1. The second-order valence-corrected chi connectivity index (χ2v) is 4.64. The largest absolute Gasteiger partial charge is 0.493 e. The highest BCUT2D eigenvalue weighted by Crippen LogP contribution is 2.16. The Balaban J connectivity index is 1.76. The van der Waals surface area contributed by atoms with Gasteiger partial charge in [0.1, 0.15) is 11.6 Å². The monoisotopic (exact) mass is 266 g/mol. The number of halogens is 1. The smallest absolute Gasteiger partial charge is 0.226 e. The lowest BCUT2D eigenvalue weighted by Gasteiger charge is -2.27. The fourth-order valence-corrected chi connectivity index (χ4v) is 2.04. The van der Waals surface area contributed by atoms with E-state index in [1.54, 1.807) is 19.1 Å². The molecule has 1 fully saturated rings. The van der Waals surface area contributed by atoms with Crippen LogP contribution in [0, 0.1) is 12.7 Å². The molecule has 0 atom stereocenters. The zero-order chi connectivity index (χ0) is 13.7. The summed E-state index contributed by atoms with van der Waals surface area (Å²) in [5.74, 6) is 0.469. The summed E-state index contributed by atoms with van der Waals surface area (Å²) in [6, 6.07) is 4.60. The van der Waals surface area contributed by atoms with Gasteiger partial charge in [-0.05, 0) is 30.7 Å². The van der Waals surface area contributed by atoms with Gasteiger partial charge in [0.25, 0.3) is 0 Å². The zero-order valence-electron chi connectivity index (χ0n) is 11.1. The van der Waals surface area contributed by atoms with Gasteiger partial charge in [0.15, 0.2) is 0 Å². The first-order valence-electron chi connectivity index (χ1n) is 6.54. The molecule has 0 aromatic heterocycles. The molecule has 0 bridgehead atoms. The van der Waals surface area contributed by atoms with Crippen LogP contribution in [-0.2, 0) is 4.79 Å². The van der Waals surface area contributed by atoms with Crippen molar-refractivity contribution in [1.29, 1.82) is 0 Å². The van der Waals surface area contributed by atoms with Gasteiger partial charge in [0, 0.05) is 26.2 Å². The lowest BCUT2D eigenvalue weighted by Crippen LogP contribution is -2.46. The number of aryl methyl sites for hydroxylation is 1. The first-order valence-corrected chi connectivity index (χ1v) is 6.54. The first-order chi connectivity index (χ1) is 9.16. The quantitative estimate of drug-likeness (QED) is 0.894. The van der Waals surface area contributed by atoms with Crippen molar-refractivity contribution < 1.29 is 13.9 Å².